The van der Waals surface area contributed by atoms with E-state index < -0.39 is 151 Å². The zero-order chi connectivity index (χ0) is 46.9. The Kier molecular flexibility index (Phi) is 42.4. The number of rotatable bonds is 22. The first-order valence-electron chi connectivity index (χ1n) is 18.0. The first-order valence-corrected chi connectivity index (χ1v) is 70.1. The second-order valence-corrected chi connectivity index (χ2v) is 122. The van der Waals surface area contributed by atoms with E-state index in [-0.39, 0.29) is 107 Å². The zero-order valence-electron chi connectivity index (χ0n) is 35.9. The van der Waals surface area contributed by atoms with Crippen LogP contribution < -0.4 is 0 Å². The van der Waals surface area contributed by atoms with Crippen molar-refractivity contribution in [2.75, 3.05) is 6.61 Å². The van der Waals surface area contributed by atoms with E-state index in [2.05, 4.69) is 177 Å². The Labute approximate surface area is 505 Å². The first kappa shape index (κ1) is 75.8. The molecule has 0 bridgehead atoms. The summed E-state index contributed by atoms with van der Waals surface area (Å²) in [5.41, 5.74) is -1.80. The SMILES string of the molecule is CC(=O)O[C@H](C1C[C@H](OP(P(P)P(P)P)P(P(P)P)P(P)P)C(C)=CC1(C)C)C1[C@](C)([C@H](O)[C@@H](C)OP(P(P)P)P(PP)P(P)P)[C@@H](OP(P(P)P)P(P)P)C[C@H]2OC[C@@]12O.[Ac].[Ac]. The van der Waals surface area contributed by atoms with E-state index in [0.29, 0.717) is 20.8 Å². The predicted molar refractivity (Wildman–Crippen MR) is 362 cm³/mol. The predicted octanol–water partition coefficient (Wildman–Crippen LogP) is 19.0. The third-order valence-corrected chi connectivity index (χ3v) is 151. The maximum absolute atomic E-state index is 13.6. The molecule has 2 radical (unpaired) electrons. The van der Waals surface area contributed by atoms with Gasteiger partial charge in [-0.1, -0.05) is 43.7 Å². The first-order chi connectivity index (χ1) is 28.0. The van der Waals surface area contributed by atoms with Crippen LogP contribution in [0.5, 0.6) is 0 Å². The molecule has 0 aromatic carbocycles. The van der Waals surface area contributed by atoms with Crippen molar-refractivity contribution in [3.05, 3.63) is 11.6 Å². The van der Waals surface area contributed by atoms with E-state index in [1.807, 2.05) is 6.92 Å². The van der Waals surface area contributed by atoms with Crippen molar-refractivity contribution in [2.24, 2.45) is 22.7 Å². The van der Waals surface area contributed by atoms with Crippen LogP contribution in [-0.4, -0.2) is 65.0 Å². The molecule has 31 atom stereocenters. The van der Waals surface area contributed by atoms with E-state index in [1.165, 1.54) is 12.5 Å². The number of ether oxygens (including phenoxy) is 2. The molecule has 3 aliphatic rings. The number of hydrogen-bond donors (Lipinski definition) is 2. The zero-order valence-corrected chi connectivity index (χ0v) is 76.5. The molecule has 3 rings (SSSR count). The number of aliphatic hydroxyl groups is 2. The summed E-state index contributed by atoms with van der Waals surface area (Å²) in [5.74, 6) is -1.45. The van der Waals surface area contributed by atoms with Gasteiger partial charge in [-0.3, -0.25) is 4.79 Å². The molecule has 23 unspecified atom stereocenters. The maximum atomic E-state index is 13.6. The van der Waals surface area contributed by atoms with Crippen LogP contribution in [0.3, 0.4) is 0 Å². The fourth-order valence-corrected chi connectivity index (χ4v) is 203. The summed E-state index contributed by atoms with van der Waals surface area (Å²) in [7, 11) is 46.7. The number of esters is 1. The van der Waals surface area contributed by atoms with Crippen LogP contribution in [0.1, 0.15) is 54.4 Å². The Hall–Kier alpha value is 14.8. The Balaban J connectivity index is 0.00000992. The van der Waals surface area contributed by atoms with Gasteiger partial charge in [0.05, 0.1) is 59.7 Å². The third kappa shape index (κ3) is 20.8. The number of allylic oxidation sites excluding steroid dienone is 1. The summed E-state index contributed by atoms with van der Waals surface area (Å²) < 4.78 is 35.0. The van der Waals surface area contributed by atoms with Crippen LogP contribution in [0.25, 0.3) is 0 Å². The molecule has 0 aromatic heterocycles. The fourth-order valence-electron chi connectivity index (χ4n) is 8.18. The molecule has 1 heterocycles. The van der Waals surface area contributed by atoms with Crippen molar-refractivity contribution in [1.82, 2.24) is 0 Å². The molecule has 0 spiro atoms. The molecule has 63 heavy (non-hydrogen) atoms. The molecule has 2 aliphatic carbocycles. The Morgan fingerprint density at radius 1 is 0.810 bits per heavy atom. The monoisotopic (exact) mass is 1860 g/mol. The molecule has 2 fully saturated rings. The van der Waals surface area contributed by atoms with Crippen molar-refractivity contribution >= 4 is 249 Å². The van der Waals surface area contributed by atoms with Crippen LogP contribution in [0, 0.1) is 111 Å². The average molecular weight is 1860 g/mol. The minimum Gasteiger partial charge on any atom is -0.462 e. The largest absolute Gasteiger partial charge is 0.462 e. The summed E-state index contributed by atoms with van der Waals surface area (Å²) in [6.45, 7) is 7.35. The molecule has 364 valence electrons. The minimum absolute atomic E-state index is 0. The molecule has 1 saturated heterocycles. The van der Waals surface area contributed by atoms with Gasteiger partial charge in [-0.25, -0.2) is 0 Å². The van der Waals surface area contributed by atoms with Crippen LogP contribution in [0.15, 0.2) is 11.6 Å². The molecule has 1 aliphatic heterocycles. The fraction of sp³-hybridized carbons (Fsp3) is 0.870. The summed E-state index contributed by atoms with van der Waals surface area (Å²) in [4.78, 5) is 13.6. The molecule has 1 saturated carbocycles. The standard InChI is InChI=1S/C23H68O8P30.2Ac/c1-11-9-21(4,5)14(7-15(11)30-51(59(47)55(39)40)61(57(43)44)58(45)46)18(28-13(3)24)19-22(6,20(25)12(2)29-50(54(37)38)60(48-32)56(41)42)16(8-17-23(19,26)10-27-17)31-49(52(33)34)53(35)36;;/h9,12,14-20,25-26,48H,7-8,10,32-47H2,1-6H3;;/t12-,14?,15+,16+,17-,18-,19?,20-,22-,23+,50?,51?,59?,60?;;/m1../s1. The number of carbonyl (C=O) groups excluding carboxylic acids is 1. The second-order valence-electron chi connectivity index (χ2n) is 15.4. The Morgan fingerprint density at radius 3 is 1.73 bits per heavy atom. The van der Waals surface area contributed by atoms with Gasteiger partial charge < -0.3 is 33.3 Å². The summed E-state index contributed by atoms with van der Waals surface area (Å²) in [6.07, 6.45) is -0.432. The molecular formula is C23H68Ac2O8P30. The van der Waals surface area contributed by atoms with Crippen molar-refractivity contribution < 1.29 is 126 Å². The average Bonchev–Trinajstić information content (AvgIpc) is 3.11. The van der Waals surface area contributed by atoms with Crippen LogP contribution >= 0.6 is 243 Å². The summed E-state index contributed by atoms with van der Waals surface area (Å²) >= 11 is 0. The van der Waals surface area contributed by atoms with Gasteiger partial charge in [0, 0.05) is 140 Å². The third-order valence-electron chi connectivity index (χ3n) is 10.8. The number of hydrogen-bond acceptors (Lipinski definition) is 8. The van der Waals surface area contributed by atoms with Crippen molar-refractivity contribution in [3.8, 4) is 0 Å². The van der Waals surface area contributed by atoms with E-state index in [4.69, 9.17) is 23.0 Å². The van der Waals surface area contributed by atoms with Gasteiger partial charge in [0.1, 0.15) is 11.7 Å². The quantitative estimate of drug-likeness (QED) is 0.0628. The van der Waals surface area contributed by atoms with Gasteiger partial charge in [0.25, 0.3) is 0 Å². The van der Waals surface area contributed by atoms with Gasteiger partial charge in [0.15, 0.2) is 0 Å². The minimum atomic E-state index is -1.39. The van der Waals surface area contributed by atoms with Gasteiger partial charge >= 0.3 is 5.97 Å². The Bertz CT molecular complexity index is 1450. The molecule has 40 heteroatoms. The van der Waals surface area contributed by atoms with E-state index in [1.54, 1.807) is 0 Å². The molecule has 0 amide bonds. The van der Waals surface area contributed by atoms with E-state index >= 15 is 0 Å². The van der Waals surface area contributed by atoms with E-state index in [9.17, 15) is 15.0 Å². The van der Waals surface area contributed by atoms with Crippen LogP contribution in [0.4, 0.5) is 0 Å². The normalized spacial score (nSPS) is 30.9. The topological polar surface area (TPSA) is 104 Å². The molecular weight excluding hydrogens is 1790 g/mol. The molecule has 0 aromatic rings. The van der Waals surface area contributed by atoms with Gasteiger partial charge in [-0.15, -0.1) is 134 Å². The smallest absolute Gasteiger partial charge is 0.302 e. The Morgan fingerprint density at radius 2 is 1.33 bits per heavy atom. The van der Waals surface area contributed by atoms with E-state index in [0.717, 1.165) is 0 Å². The summed E-state index contributed by atoms with van der Waals surface area (Å²) in [5, 5.41) is 26.5. The summed E-state index contributed by atoms with van der Waals surface area (Å²) in [6, 6.07) is 0. The van der Waals surface area contributed by atoms with Crippen LogP contribution in [-0.2, 0) is 27.8 Å². The number of carbonyl (C=O) groups is 1. The van der Waals surface area contributed by atoms with Crippen molar-refractivity contribution in [1.29, 1.82) is 0 Å². The van der Waals surface area contributed by atoms with Crippen molar-refractivity contribution in [3.63, 3.8) is 0 Å². The molecule has 8 nitrogen and oxygen atoms in total. The van der Waals surface area contributed by atoms with Gasteiger partial charge in [0.2, 0.25) is 0 Å². The second kappa shape index (κ2) is 35.3. The molecule has 2 N–H and O–H groups in total. The van der Waals surface area contributed by atoms with Crippen LogP contribution in [0.2, 0.25) is 0 Å². The maximum Gasteiger partial charge on any atom is 0.302 e. The van der Waals surface area contributed by atoms with Crippen molar-refractivity contribution in [2.45, 2.75) is 96.6 Å². The number of aliphatic hydroxyl groups excluding tert-OH is 1. The van der Waals surface area contributed by atoms with Gasteiger partial charge in [-0.05, 0) is 80.2 Å². The number of fused-ring (bicyclic) bond motifs is 1. The van der Waals surface area contributed by atoms with Gasteiger partial charge in [-0.2, -0.15) is 0 Å².